The molecule has 0 aromatic heterocycles. The highest BCUT2D eigenvalue weighted by Crippen LogP contribution is 2.29. The van der Waals surface area contributed by atoms with Gasteiger partial charge in [0, 0.05) is 62.8 Å². The zero-order chi connectivity index (χ0) is 26.9. The predicted octanol–water partition coefficient (Wildman–Crippen LogP) is 4.74. The number of hydrogen-bond donors (Lipinski definition) is 1. The van der Waals surface area contributed by atoms with Gasteiger partial charge in [0.1, 0.15) is 0 Å². The van der Waals surface area contributed by atoms with Gasteiger partial charge in [-0.3, -0.25) is 9.59 Å². The van der Waals surface area contributed by atoms with Gasteiger partial charge in [-0.2, -0.15) is 0 Å². The van der Waals surface area contributed by atoms with Crippen molar-refractivity contribution in [2.24, 2.45) is 5.92 Å². The Bertz CT molecular complexity index is 1030. The Morgan fingerprint density at radius 3 is 2.35 bits per heavy atom. The molecule has 2 aromatic rings. The number of piperazine rings is 1. The first-order valence-electron chi connectivity index (χ1n) is 13.4. The third kappa shape index (κ3) is 8.75. The van der Waals surface area contributed by atoms with Gasteiger partial charge in [0.25, 0.3) is 0 Å². The van der Waals surface area contributed by atoms with Crippen LogP contribution < -0.4 is 10.2 Å². The molecule has 0 spiro atoms. The van der Waals surface area contributed by atoms with Crippen molar-refractivity contribution < 1.29 is 9.59 Å². The van der Waals surface area contributed by atoms with E-state index in [4.69, 9.17) is 11.6 Å². The second kappa shape index (κ2) is 13.8. The molecule has 0 radical (unpaired) electrons. The summed E-state index contributed by atoms with van der Waals surface area (Å²) in [5, 5.41) is 3.81. The lowest BCUT2D eigenvalue weighted by Gasteiger charge is -2.38. The van der Waals surface area contributed by atoms with Crippen LogP contribution in [0, 0.1) is 12.8 Å². The summed E-state index contributed by atoms with van der Waals surface area (Å²) >= 11 is 6.01. The van der Waals surface area contributed by atoms with E-state index in [9.17, 15) is 9.59 Å². The first kappa shape index (κ1) is 29.0. The standard InChI is InChI=1S/C30H43ClN4O2/c1-22(21-32-28(36)13-14-33(4)5)19-26-8-6-7-23(2)30(26)35-17-15-34(16-18-35)29(37)20-24(3)25-9-11-27(31)12-10-25/h6-12,22,24H,13-21H2,1-5H3,(H,32,36). The number of rotatable bonds is 11. The smallest absolute Gasteiger partial charge is 0.223 e. The Kier molecular flexibility index (Phi) is 10.8. The maximum atomic E-state index is 13.0. The highest BCUT2D eigenvalue weighted by molar-refractivity contribution is 6.30. The van der Waals surface area contributed by atoms with E-state index in [-0.39, 0.29) is 17.7 Å². The van der Waals surface area contributed by atoms with Gasteiger partial charge in [-0.25, -0.2) is 0 Å². The summed E-state index contributed by atoms with van der Waals surface area (Å²) in [6.45, 7) is 11.0. The van der Waals surface area contributed by atoms with Gasteiger partial charge in [-0.15, -0.1) is 0 Å². The summed E-state index contributed by atoms with van der Waals surface area (Å²) in [4.78, 5) is 31.6. The topological polar surface area (TPSA) is 55.9 Å². The van der Waals surface area contributed by atoms with Crippen molar-refractivity contribution in [1.82, 2.24) is 15.1 Å². The number of anilines is 1. The highest BCUT2D eigenvalue weighted by atomic mass is 35.5. The van der Waals surface area contributed by atoms with E-state index < -0.39 is 0 Å². The molecule has 2 aromatic carbocycles. The van der Waals surface area contributed by atoms with Gasteiger partial charge in [0.05, 0.1) is 0 Å². The molecule has 7 heteroatoms. The fourth-order valence-corrected chi connectivity index (χ4v) is 5.09. The molecule has 1 fully saturated rings. The number of para-hydroxylation sites is 1. The molecule has 2 atom stereocenters. The minimum absolute atomic E-state index is 0.108. The highest BCUT2D eigenvalue weighted by Gasteiger charge is 2.25. The molecule has 1 aliphatic heterocycles. The van der Waals surface area contributed by atoms with Crippen LogP contribution in [0.2, 0.25) is 5.02 Å². The van der Waals surface area contributed by atoms with Gasteiger partial charge in [-0.05, 0) is 68.1 Å². The summed E-state index contributed by atoms with van der Waals surface area (Å²) in [6.07, 6.45) is 1.94. The van der Waals surface area contributed by atoms with Crippen molar-refractivity contribution in [3.05, 3.63) is 64.2 Å². The van der Waals surface area contributed by atoms with Crippen LogP contribution in [-0.4, -0.2) is 75.0 Å². The molecule has 2 amide bonds. The third-order valence-corrected chi connectivity index (χ3v) is 7.44. The molecule has 0 aliphatic carbocycles. The molecule has 1 N–H and O–H groups in total. The maximum Gasteiger partial charge on any atom is 0.223 e. The Morgan fingerprint density at radius 2 is 1.70 bits per heavy atom. The van der Waals surface area contributed by atoms with E-state index in [2.05, 4.69) is 49.2 Å². The van der Waals surface area contributed by atoms with E-state index in [1.165, 1.54) is 16.8 Å². The molecule has 1 heterocycles. The van der Waals surface area contributed by atoms with Crippen molar-refractivity contribution in [3.63, 3.8) is 0 Å². The molecule has 3 rings (SSSR count). The van der Waals surface area contributed by atoms with Gasteiger partial charge >= 0.3 is 0 Å². The number of carbonyl (C=O) groups excluding carboxylic acids is 2. The molecule has 2 unspecified atom stereocenters. The lowest BCUT2D eigenvalue weighted by molar-refractivity contribution is -0.131. The lowest BCUT2D eigenvalue weighted by Crippen LogP contribution is -2.49. The number of carbonyl (C=O) groups is 2. The van der Waals surface area contributed by atoms with Crippen molar-refractivity contribution in [3.8, 4) is 0 Å². The number of aryl methyl sites for hydroxylation is 1. The van der Waals surface area contributed by atoms with Crippen molar-refractivity contribution >= 4 is 29.1 Å². The average Bonchev–Trinajstić information content (AvgIpc) is 2.87. The quantitative estimate of drug-likeness (QED) is 0.459. The number of halogens is 1. The molecular formula is C30H43ClN4O2. The van der Waals surface area contributed by atoms with Gasteiger partial charge in [0.2, 0.25) is 11.8 Å². The Labute approximate surface area is 228 Å². The van der Waals surface area contributed by atoms with Crippen LogP contribution in [0.25, 0.3) is 0 Å². The number of benzene rings is 2. The first-order chi connectivity index (χ1) is 17.6. The molecule has 0 bridgehead atoms. The van der Waals surface area contributed by atoms with Crippen LogP contribution in [0.1, 0.15) is 49.3 Å². The zero-order valence-corrected chi connectivity index (χ0v) is 23.9. The molecule has 0 saturated carbocycles. The fraction of sp³-hybridized carbons (Fsp3) is 0.533. The first-order valence-corrected chi connectivity index (χ1v) is 13.8. The Balaban J connectivity index is 1.54. The average molecular weight is 527 g/mol. The van der Waals surface area contributed by atoms with Crippen LogP contribution in [-0.2, 0) is 16.0 Å². The SMILES string of the molecule is Cc1cccc(CC(C)CNC(=O)CCN(C)C)c1N1CCN(C(=O)CC(C)c2ccc(Cl)cc2)CC1. The number of hydrogen-bond acceptors (Lipinski definition) is 4. The van der Waals surface area contributed by atoms with Gasteiger partial charge < -0.3 is 20.0 Å². The monoisotopic (exact) mass is 526 g/mol. The van der Waals surface area contributed by atoms with Crippen LogP contribution in [0.3, 0.4) is 0 Å². The Morgan fingerprint density at radius 1 is 1.03 bits per heavy atom. The van der Waals surface area contributed by atoms with Crippen molar-refractivity contribution in [1.29, 1.82) is 0 Å². The Hall–Kier alpha value is -2.57. The zero-order valence-electron chi connectivity index (χ0n) is 23.1. The lowest BCUT2D eigenvalue weighted by atomic mass is 9.96. The molecule has 1 aliphatic rings. The summed E-state index contributed by atoms with van der Waals surface area (Å²) < 4.78 is 0. The number of nitrogens with one attached hydrogen (secondary N) is 1. The third-order valence-electron chi connectivity index (χ3n) is 7.19. The van der Waals surface area contributed by atoms with Crippen LogP contribution >= 0.6 is 11.6 Å². The summed E-state index contributed by atoms with van der Waals surface area (Å²) in [7, 11) is 3.96. The van der Waals surface area contributed by atoms with Gasteiger partial charge in [-0.1, -0.05) is 55.8 Å². The minimum Gasteiger partial charge on any atom is -0.368 e. The molecule has 37 heavy (non-hydrogen) atoms. The predicted molar refractivity (Wildman–Crippen MR) is 154 cm³/mol. The molecule has 202 valence electrons. The van der Waals surface area contributed by atoms with E-state index in [1.54, 1.807) is 0 Å². The van der Waals surface area contributed by atoms with Crippen molar-refractivity contribution in [2.45, 2.75) is 46.0 Å². The number of amides is 2. The van der Waals surface area contributed by atoms with Crippen LogP contribution in [0.15, 0.2) is 42.5 Å². The second-order valence-corrected chi connectivity index (χ2v) is 11.2. The molecule has 6 nitrogen and oxygen atoms in total. The summed E-state index contributed by atoms with van der Waals surface area (Å²) in [5.74, 6) is 0.818. The molecule has 1 saturated heterocycles. The van der Waals surface area contributed by atoms with Gasteiger partial charge in [0.15, 0.2) is 0 Å². The molecular weight excluding hydrogens is 484 g/mol. The number of nitrogens with zero attached hydrogens (tertiary/aromatic N) is 3. The van der Waals surface area contributed by atoms with Crippen LogP contribution in [0.4, 0.5) is 5.69 Å². The van der Waals surface area contributed by atoms with E-state index in [0.29, 0.717) is 30.3 Å². The maximum absolute atomic E-state index is 13.0. The minimum atomic E-state index is 0.108. The normalized spacial score (nSPS) is 15.5. The second-order valence-electron chi connectivity index (χ2n) is 10.8. The van der Waals surface area contributed by atoms with Crippen molar-refractivity contribution in [2.75, 3.05) is 58.3 Å². The fourth-order valence-electron chi connectivity index (χ4n) is 4.97. The summed E-state index contributed by atoms with van der Waals surface area (Å²) in [6, 6.07) is 14.3. The van der Waals surface area contributed by atoms with E-state index >= 15 is 0 Å². The van der Waals surface area contributed by atoms with E-state index in [0.717, 1.165) is 44.7 Å². The summed E-state index contributed by atoms with van der Waals surface area (Å²) in [5.41, 5.74) is 5.00. The van der Waals surface area contributed by atoms with Crippen LogP contribution in [0.5, 0.6) is 0 Å². The largest absolute Gasteiger partial charge is 0.368 e. The van der Waals surface area contributed by atoms with E-state index in [1.807, 2.05) is 48.2 Å².